The number of halogens is 1. The van der Waals surface area contributed by atoms with Crippen LogP contribution in [-0.4, -0.2) is 6.26 Å². The molecule has 2 heteroatoms. The fourth-order valence-electron chi connectivity index (χ4n) is 0.682. The lowest BCUT2D eigenvalue weighted by Gasteiger charge is -2.12. The molecule has 0 bridgehead atoms. The van der Waals surface area contributed by atoms with Gasteiger partial charge in [0, 0.05) is 0 Å². The molecule has 8 heavy (non-hydrogen) atoms. The third kappa shape index (κ3) is 1.30. The van der Waals surface area contributed by atoms with E-state index in [1.807, 2.05) is 0 Å². The van der Waals surface area contributed by atoms with Crippen molar-refractivity contribution >= 4 is 19.9 Å². The van der Waals surface area contributed by atoms with Crippen molar-refractivity contribution in [2.75, 3.05) is 6.26 Å². The van der Waals surface area contributed by atoms with Gasteiger partial charge in [-0.25, -0.2) is 0 Å². The first-order valence-electron chi connectivity index (χ1n) is 2.44. The maximum absolute atomic E-state index is 5.98. The van der Waals surface area contributed by atoms with E-state index in [-0.39, 0.29) is 0 Å². The minimum absolute atomic E-state index is 0.966. The monoisotopic (exact) mass is 148 g/mol. The molecule has 0 nitrogen and oxygen atoms in total. The van der Waals surface area contributed by atoms with Gasteiger partial charge < -0.3 is 0 Å². The average molecular weight is 149 g/mol. The van der Waals surface area contributed by atoms with Crippen LogP contribution in [0.5, 0.6) is 0 Å². The Balaban J connectivity index is 2.84. The number of rotatable bonds is 0. The Labute approximate surface area is 56.0 Å². The van der Waals surface area contributed by atoms with Crippen molar-refractivity contribution < 1.29 is 0 Å². The van der Waals surface area contributed by atoms with Gasteiger partial charge in [0.15, 0.2) is 0 Å². The van der Waals surface area contributed by atoms with Crippen molar-refractivity contribution in [1.29, 1.82) is 0 Å². The Kier molecular flexibility index (Phi) is 1.42. The molecule has 0 aliphatic carbocycles. The summed E-state index contributed by atoms with van der Waals surface area (Å²) in [6.45, 7) is 2.07. The van der Waals surface area contributed by atoms with Crippen LogP contribution in [-0.2, 0) is 0 Å². The Hall–Kier alpha value is 0.120. The maximum Gasteiger partial charge on any atom is -0.0145 e. The van der Waals surface area contributed by atoms with E-state index in [9.17, 15) is 0 Å². The highest BCUT2D eigenvalue weighted by molar-refractivity contribution is 8.54. The van der Waals surface area contributed by atoms with E-state index in [2.05, 4.69) is 30.1 Å². The highest BCUT2D eigenvalue weighted by atomic mass is 35.7. The molecule has 0 aromatic carbocycles. The summed E-state index contributed by atoms with van der Waals surface area (Å²) in [5.41, 5.74) is 1.29. The Bertz CT molecular complexity index is 156. The summed E-state index contributed by atoms with van der Waals surface area (Å²) in [4.78, 5) is 0. The van der Waals surface area contributed by atoms with Crippen LogP contribution < -0.4 is 0 Å². The van der Waals surface area contributed by atoms with Crippen molar-refractivity contribution in [2.24, 2.45) is 0 Å². The Morgan fingerprint density at radius 2 is 2.25 bits per heavy atom. The van der Waals surface area contributed by atoms with Gasteiger partial charge in [-0.15, -0.1) is 9.24 Å². The quantitative estimate of drug-likeness (QED) is 0.496. The number of hydrogen-bond donors (Lipinski definition) is 0. The van der Waals surface area contributed by atoms with Crippen LogP contribution in [0.4, 0.5) is 0 Å². The Morgan fingerprint density at radius 1 is 1.62 bits per heavy atom. The highest BCUT2D eigenvalue weighted by Gasteiger charge is 2.10. The molecule has 0 amide bonds. The molecule has 1 atom stereocenters. The summed E-state index contributed by atoms with van der Waals surface area (Å²) in [7, 11) is 5.02. The lowest BCUT2D eigenvalue weighted by atomic mass is 10.4. The van der Waals surface area contributed by atoms with E-state index in [1.165, 1.54) is 5.57 Å². The summed E-state index contributed by atoms with van der Waals surface area (Å²) < 4.78 is 0. The fourth-order valence-corrected chi connectivity index (χ4v) is 2.62. The summed E-state index contributed by atoms with van der Waals surface area (Å²) in [5, 5.41) is 4.19. The summed E-state index contributed by atoms with van der Waals surface area (Å²) >= 11 is 0. The molecule has 1 aliphatic heterocycles. The zero-order valence-corrected chi connectivity index (χ0v) is 6.59. The van der Waals surface area contributed by atoms with Gasteiger partial charge in [0.05, 0.1) is 0 Å². The lowest BCUT2D eigenvalue weighted by molar-refractivity contribution is 1.58. The van der Waals surface area contributed by atoms with Gasteiger partial charge in [-0.3, -0.25) is 0 Å². The molecule has 1 rings (SSSR count). The molecule has 0 radical (unpaired) electrons. The minimum atomic E-state index is -0.966. The van der Waals surface area contributed by atoms with Crippen LogP contribution in [0.2, 0.25) is 0 Å². The van der Waals surface area contributed by atoms with Crippen LogP contribution >= 0.6 is 19.9 Å². The van der Waals surface area contributed by atoms with Crippen LogP contribution in [0.15, 0.2) is 22.5 Å². The topological polar surface area (TPSA) is 0 Å². The maximum atomic E-state index is 5.98. The third-order valence-corrected chi connectivity index (χ3v) is 3.09. The fraction of sp³-hybridized carbons (Fsp3) is 0.333. The second-order valence-corrected chi connectivity index (χ2v) is 6.49. The second kappa shape index (κ2) is 1.82. The van der Waals surface area contributed by atoms with E-state index < -0.39 is 9.24 Å². The highest BCUT2D eigenvalue weighted by Crippen LogP contribution is 2.56. The molecule has 0 saturated heterocycles. The van der Waals surface area contributed by atoms with Gasteiger partial charge in [-0.05, 0) is 29.6 Å². The zero-order chi connectivity index (χ0) is 6.20. The van der Waals surface area contributed by atoms with Crippen molar-refractivity contribution in [3.8, 4) is 0 Å². The first-order valence-corrected chi connectivity index (χ1v) is 5.44. The van der Waals surface area contributed by atoms with Crippen molar-refractivity contribution in [3.63, 3.8) is 0 Å². The van der Waals surface area contributed by atoms with Gasteiger partial charge >= 0.3 is 0 Å². The average Bonchev–Trinajstić information content (AvgIpc) is 1.82. The predicted octanol–water partition coefficient (Wildman–Crippen LogP) is 3.01. The van der Waals surface area contributed by atoms with Gasteiger partial charge in [-0.2, -0.15) is 0 Å². The van der Waals surface area contributed by atoms with E-state index in [0.29, 0.717) is 0 Å². The molecule has 1 heterocycles. The first-order chi connectivity index (χ1) is 3.60. The Morgan fingerprint density at radius 3 is 2.38 bits per heavy atom. The lowest BCUT2D eigenvalue weighted by Crippen LogP contribution is -1.68. The summed E-state index contributed by atoms with van der Waals surface area (Å²) in [6, 6.07) is 0. The van der Waals surface area contributed by atoms with Gasteiger partial charge in [0.1, 0.15) is 0 Å². The molecular weight excluding hydrogens is 140 g/mol. The molecule has 0 spiro atoms. The smallest absolute Gasteiger partial charge is 0.0145 e. The second-order valence-electron chi connectivity index (χ2n) is 2.10. The molecule has 0 N–H and O–H groups in total. The third-order valence-electron chi connectivity index (χ3n) is 1.01. The van der Waals surface area contributed by atoms with Gasteiger partial charge in [0.2, 0.25) is 0 Å². The molecule has 0 saturated carbocycles. The van der Waals surface area contributed by atoms with Crippen molar-refractivity contribution in [1.82, 2.24) is 0 Å². The molecule has 0 aromatic rings. The van der Waals surface area contributed by atoms with Crippen LogP contribution in [0.25, 0.3) is 0 Å². The molecule has 1 aliphatic rings. The van der Waals surface area contributed by atoms with Crippen LogP contribution in [0.3, 0.4) is 0 Å². The van der Waals surface area contributed by atoms with Gasteiger partial charge in [-0.1, -0.05) is 16.8 Å². The van der Waals surface area contributed by atoms with E-state index in [0.717, 1.165) is 0 Å². The molecule has 46 valence electrons. The standard InChI is InChI=1S/C6H9ClS/c1-6-3-4-8(2,7)5-6/h3-5H,1-2H3. The normalized spacial score (nSPS) is 43.6. The SMILES string of the molecule is CC1=CS(C)(Cl)C=C1. The summed E-state index contributed by atoms with van der Waals surface area (Å²) in [6.07, 6.45) is 4.13. The number of allylic oxidation sites excluding steroid dienone is 2. The first kappa shape index (κ1) is 6.24. The largest absolute Gasteiger partial charge is 0.125 e. The predicted molar refractivity (Wildman–Crippen MR) is 42.3 cm³/mol. The van der Waals surface area contributed by atoms with E-state index in [4.69, 9.17) is 10.7 Å². The van der Waals surface area contributed by atoms with Crippen molar-refractivity contribution in [3.05, 3.63) is 22.5 Å². The van der Waals surface area contributed by atoms with Crippen LogP contribution in [0, 0.1) is 0 Å². The van der Waals surface area contributed by atoms with E-state index >= 15 is 0 Å². The van der Waals surface area contributed by atoms with Crippen molar-refractivity contribution in [2.45, 2.75) is 6.92 Å². The van der Waals surface area contributed by atoms with E-state index in [1.54, 1.807) is 0 Å². The number of hydrogen-bond acceptors (Lipinski definition) is 0. The summed E-state index contributed by atoms with van der Waals surface area (Å²) in [5.74, 6) is 0. The van der Waals surface area contributed by atoms with Gasteiger partial charge in [0.25, 0.3) is 0 Å². The minimum Gasteiger partial charge on any atom is -0.125 e. The van der Waals surface area contributed by atoms with Crippen LogP contribution in [0.1, 0.15) is 6.92 Å². The molecular formula is C6H9ClS. The molecule has 0 aromatic heterocycles. The molecule has 0 fully saturated rings. The zero-order valence-electron chi connectivity index (χ0n) is 5.02. The molecule has 1 unspecified atom stereocenters.